The smallest absolute Gasteiger partial charge is 0.387 e. The van der Waals surface area contributed by atoms with Gasteiger partial charge in [-0.1, -0.05) is 30.8 Å². The molecule has 202 valence electrons. The van der Waals surface area contributed by atoms with Gasteiger partial charge in [-0.3, -0.25) is 0 Å². The average molecular weight is 554 g/mol. The van der Waals surface area contributed by atoms with E-state index in [0.717, 1.165) is 35.5 Å². The number of fused-ring (bicyclic) bond motifs is 1. The van der Waals surface area contributed by atoms with Crippen LogP contribution in [0.4, 0.5) is 8.78 Å². The summed E-state index contributed by atoms with van der Waals surface area (Å²) in [5.74, 6) is 1.03. The Hall–Kier alpha value is -2.21. The number of halogens is 2. The minimum atomic E-state index is -3.59. The number of alkyl halides is 2. The Labute approximate surface area is 221 Å². The molecule has 0 amide bonds. The molecule has 2 heterocycles. The van der Waals surface area contributed by atoms with Crippen molar-refractivity contribution in [2.45, 2.75) is 62.1 Å². The number of piperidine rings is 1. The van der Waals surface area contributed by atoms with Gasteiger partial charge in [-0.2, -0.15) is 13.1 Å². The third-order valence-corrected chi connectivity index (χ3v) is 9.24. The summed E-state index contributed by atoms with van der Waals surface area (Å²) in [6.45, 7) is 4.19. The number of ether oxygens (including phenoxy) is 2. The van der Waals surface area contributed by atoms with Gasteiger partial charge in [0, 0.05) is 38.6 Å². The first kappa shape index (κ1) is 27.8. The number of imidazole rings is 1. The van der Waals surface area contributed by atoms with E-state index in [0.29, 0.717) is 50.0 Å². The molecular formula is C26H33F2N3O4S2. The van der Waals surface area contributed by atoms with Gasteiger partial charge in [0.15, 0.2) is 5.16 Å². The molecule has 1 fully saturated rings. The van der Waals surface area contributed by atoms with E-state index in [4.69, 9.17) is 9.72 Å². The molecule has 1 unspecified atom stereocenters. The predicted octanol–water partition coefficient (Wildman–Crippen LogP) is 5.78. The van der Waals surface area contributed by atoms with Crippen LogP contribution in [-0.4, -0.2) is 55.2 Å². The maximum absolute atomic E-state index is 13.3. The van der Waals surface area contributed by atoms with Crippen LogP contribution >= 0.6 is 11.8 Å². The van der Waals surface area contributed by atoms with Gasteiger partial charge >= 0.3 is 6.61 Å². The number of aryl methyl sites for hydroxylation is 1. The fourth-order valence-corrected chi connectivity index (χ4v) is 7.09. The molecule has 0 bridgehead atoms. The first-order valence-corrected chi connectivity index (χ1v) is 14.9. The average Bonchev–Trinajstić information content (AvgIpc) is 3.22. The molecule has 1 saturated heterocycles. The van der Waals surface area contributed by atoms with Gasteiger partial charge < -0.3 is 14.0 Å². The molecular weight excluding hydrogens is 520 g/mol. The van der Waals surface area contributed by atoms with E-state index >= 15 is 0 Å². The van der Waals surface area contributed by atoms with Crippen molar-refractivity contribution < 1.29 is 26.7 Å². The molecule has 11 heteroatoms. The zero-order valence-electron chi connectivity index (χ0n) is 21.1. The van der Waals surface area contributed by atoms with E-state index in [9.17, 15) is 17.2 Å². The number of hydrogen-bond donors (Lipinski definition) is 0. The lowest BCUT2D eigenvalue weighted by Gasteiger charge is -2.30. The van der Waals surface area contributed by atoms with E-state index < -0.39 is 16.6 Å². The SMILES string of the molecule is CCOCCCn1c(SCc2ccc(OC(F)F)cc2)nc2cc(S(=O)(=O)N3CCCC(C)C3)ccc21. The molecule has 1 aromatic heterocycles. The second-order valence-electron chi connectivity index (χ2n) is 9.17. The summed E-state index contributed by atoms with van der Waals surface area (Å²) in [6, 6.07) is 11.7. The summed E-state index contributed by atoms with van der Waals surface area (Å²) in [6.07, 6.45) is 2.70. The van der Waals surface area contributed by atoms with Crippen LogP contribution in [0.1, 0.15) is 38.7 Å². The Morgan fingerprint density at radius 2 is 1.97 bits per heavy atom. The monoisotopic (exact) mass is 553 g/mol. The Morgan fingerprint density at radius 3 is 2.68 bits per heavy atom. The van der Waals surface area contributed by atoms with Gasteiger partial charge in [0.2, 0.25) is 10.0 Å². The molecule has 2 aromatic carbocycles. The van der Waals surface area contributed by atoms with E-state index in [1.165, 1.54) is 23.9 Å². The van der Waals surface area contributed by atoms with Gasteiger partial charge in [-0.25, -0.2) is 13.4 Å². The van der Waals surface area contributed by atoms with Crippen molar-refractivity contribution >= 4 is 32.8 Å². The Kier molecular flexibility index (Phi) is 9.44. The van der Waals surface area contributed by atoms with E-state index in [-0.39, 0.29) is 10.6 Å². The van der Waals surface area contributed by atoms with Crippen LogP contribution < -0.4 is 4.74 Å². The first-order chi connectivity index (χ1) is 17.8. The topological polar surface area (TPSA) is 73.7 Å². The van der Waals surface area contributed by atoms with Gasteiger partial charge in [0.25, 0.3) is 0 Å². The van der Waals surface area contributed by atoms with Gasteiger partial charge in [0.05, 0.1) is 15.9 Å². The largest absolute Gasteiger partial charge is 0.435 e. The number of rotatable bonds is 12. The van der Waals surface area contributed by atoms with Gasteiger partial charge in [-0.05, 0) is 68.0 Å². The van der Waals surface area contributed by atoms with Crippen LogP contribution in [0.15, 0.2) is 52.5 Å². The van der Waals surface area contributed by atoms with Crippen molar-refractivity contribution in [3.8, 4) is 5.75 Å². The highest BCUT2D eigenvalue weighted by molar-refractivity contribution is 7.98. The molecule has 1 atom stereocenters. The van der Waals surface area contributed by atoms with E-state index in [1.807, 2.05) is 13.0 Å². The molecule has 0 radical (unpaired) electrons. The normalized spacial score (nSPS) is 17.1. The maximum Gasteiger partial charge on any atom is 0.387 e. The lowest BCUT2D eigenvalue weighted by Crippen LogP contribution is -2.39. The molecule has 1 aliphatic rings. The highest BCUT2D eigenvalue weighted by atomic mass is 32.2. The lowest BCUT2D eigenvalue weighted by atomic mass is 10.0. The van der Waals surface area contributed by atoms with Crippen molar-refractivity contribution in [3.63, 3.8) is 0 Å². The van der Waals surface area contributed by atoms with Crippen molar-refractivity contribution in [3.05, 3.63) is 48.0 Å². The number of hydrogen-bond acceptors (Lipinski definition) is 6. The maximum atomic E-state index is 13.3. The second kappa shape index (κ2) is 12.6. The Balaban J connectivity index is 1.57. The van der Waals surface area contributed by atoms with Crippen LogP contribution in [0.25, 0.3) is 11.0 Å². The van der Waals surface area contributed by atoms with Crippen LogP contribution in [0.2, 0.25) is 0 Å². The molecule has 0 spiro atoms. The number of thioether (sulfide) groups is 1. The third-order valence-electron chi connectivity index (χ3n) is 6.33. The fraction of sp³-hybridized carbons (Fsp3) is 0.500. The van der Waals surface area contributed by atoms with Crippen molar-refractivity contribution in [2.75, 3.05) is 26.3 Å². The fourth-order valence-electron chi connectivity index (χ4n) is 4.47. The minimum absolute atomic E-state index is 0.115. The highest BCUT2D eigenvalue weighted by Crippen LogP contribution is 2.31. The van der Waals surface area contributed by atoms with Gasteiger partial charge in [0.1, 0.15) is 5.75 Å². The van der Waals surface area contributed by atoms with Crippen molar-refractivity contribution in [1.29, 1.82) is 0 Å². The van der Waals surface area contributed by atoms with E-state index in [2.05, 4.69) is 16.2 Å². The minimum Gasteiger partial charge on any atom is -0.435 e. The molecule has 7 nitrogen and oxygen atoms in total. The molecule has 4 rings (SSSR count). The zero-order valence-corrected chi connectivity index (χ0v) is 22.7. The molecule has 1 aliphatic heterocycles. The number of aromatic nitrogens is 2. The summed E-state index contributed by atoms with van der Waals surface area (Å²) < 4.78 is 65.1. The lowest BCUT2D eigenvalue weighted by molar-refractivity contribution is -0.0498. The molecule has 0 saturated carbocycles. The van der Waals surface area contributed by atoms with Crippen LogP contribution in [0.3, 0.4) is 0 Å². The number of sulfonamides is 1. The summed E-state index contributed by atoms with van der Waals surface area (Å²) in [4.78, 5) is 5.06. The summed E-state index contributed by atoms with van der Waals surface area (Å²) in [5, 5.41) is 0.764. The van der Waals surface area contributed by atoms with Crippen LogP contribution in [0.5, 0.6) is 5.75 Å². The van der Waals surface area contributed by atoms with E-state index in [1.54, 1.807) is 28.6 Å². The predicted molar refractivity (Wildman–Crippen MR) is 141 cm³/mol. The summed E-state index contributed by atoms with van der Waals surface area (Å²) in [7, 11) is -3.59. The third kappa shape index (κ3) is 7.01. The standard InChI is InChI=1S/C26H33F2N3O4S2/c1-3-34-15-5-14-31-24-12-11-22(37(32,33)30-13-4-6-19(2)17-30)16-23(24)29-26(31)36-18-20-7-9-21(10-8-20)35-25(27)28/h7-12,16,19,25H,3-6,13-15,17-18H2,1-2H3. The highest BCUT2D eigenvalue weighted by Gasteiger charge is 2.29. The molecule has 0 N–H and O–H groups in total. The van der Waals surface area contributed by atoms with Crippen molar-refractivity contribution in [1.82, 2.24) is 13.9 Å². The quantitative estimate of drug-likeness (QED) is 0.209. The van der Waals surface area contributed by atoms with Gasteiger partial charge in [-0.15, -0.1) is 0 Å². The number of nitrogens with zero attached hydrogens (tertiary/aromatic N) is 3. The Bertz CT molecular complexity index is 1280. The summed E-state index contributed by atoms with van der Waals surface area (Å²) in [5.41, 5.74) is 2.43. The Morgan fingerprint density at radius 1 is 1.19 bits per heavy atom. The van der Waals surface area contributed by atoms with Crippen LogP contribution in [0, 0.1) is 5.92 Å². The van der Waals surface area contributed by atoms with Crippen molar-refractivity contribution in [2.24, 2.45) is 5.92 Å². The zero-order chi connectivity index (χ0) is 26.4. The molecule has 3 aromatic rings. The second-order valence-corrected chi connectivity index (χ2v) is 12.0. The molecule has 0 aliphatic carbocycles. The molecule has 37 heavy (non-hydrogen) atoms. The number of benzene rings is 2. The van der Waals surface area contributed by atoms with Crippen LogP contribution in [-0.2, 0) is 27.1 Å². The first-order valence-electron chi connectivity index (χ1n) is 12.5. The summed E-state index contributed by atoms with van der Waals surface area (Å²) >= 11 is 1.51.